The van der Waals surface area contributed by atoms with Gasteiger partial charge in [-0.25, -0.2) is 0 Å². The van der Waals surface area contributed by atoms with Crippen LogP contribution >= 0.6 is 0 Å². The van der Waals surface area contributed by atoms with E-state index in [4.69, 9.17) is 23.7 Å². The van der Waals surface area contributed by atoms with Gasteiger partial charge in [0.15, 0.2) is 0 Å². The van der Waals surface area contributed by atoms with Crippen molar-refractivity contribution in [3.63, 3.8) is 0 Å². The SMILES string of the molecule is CCCCCCCCC(C)(C1(C2(OC3(C4(C(C)(CCCCCCCC)S(=O)(=O)O)CCO4)CCO3)CCO2)CCO1)S(=O)(=O)O.[H-].[K+]. The van der Waals surface area contributed by atoms with E-state index in [9.17, 15) is 25.9 Å². The maximum absolute atomic E-state index is 13.3. The third kappa shape index (κ3) is 7.16. The van der Waals surface area contributed by atoms with Crippen LogP contribution in [-0.4, -0.2) is 84.6 Å². The van der Waals surface area contributed by atoms with Gasteiger partial charge in [0.1, 0.15) is 20.7 Å². The summed E-state index contributed by atoms with van der Waals surface area (Å²) in [6.45, 7) is 8.32. The molecule has 4 rings (SSSR count). The Morgan fingerprint density at radius 1 is 0.587 bits per heavy atom. The molecule has 4 saturated heterocycles. The van der Waals surface area contributed by atoms with Crippen molar-refractivity contribution in [2.45, 2.75) is 176 Å². The standard InChI is InChI=1S/C32H58O11S2.K.H/c1-5-7-9-11-13-15-17-27(3,44(33,34)35)29(19-23-39-29)31(21-25-41-31)43-32(22-26-42-32)30(20-24-40-30)28(4,45(36,37)38)18-16-14-12-10-8-6-2;;/h5-26H2,1-4H3,(H,33,34,35)(H,36,37,38);;/q;+1;-1. The Morgan fingerprint density at radius 3 is 1.09 bits per heavy atom. The molecule has 0 spiro atoms. The average Bonchev–Trinajstić information content (AvgIpc) is 2.86. The van der Waals surface area contributed by atoms with Crippen molar-refractivity contribution in [1.29, 1.82) is 0 Å². The number of hydrogen-bond acceptors (Lipinski definition) is 9. The average molecular weight is 723 g/mol. The molecule has 0 amide bonds. The zero-order valence-electron chi connectivity index (χ0n) is 29.9. The minimum absolute atomic E-state index is 0. The molecule has 46 heavy (non-hydrogen) atoms. The van der Waals surface area contributed by atoms with E-state index in [-0.39, 0.29) is 118 Å². The van der Waals surface area contributed by atoms with Crippen molar-refractivity contribution in [2.75, 3.05) is 26.4 Å². The maximum atomic E-state index is 13.3. The number of rotatable bonds is 22. The molecule has 0 bridgehead atoms. The Labute approximate surface area is 321 Å². The molecule has 14 heteroatoms. The third-order valence-corrected chi connectivity index (χ3v) is 14.9. The molecule has 0 aliphatic carbocycles. The Morgan fingerprint density at radius 2 is 0.870 bits per heavy atom. The second kappa shape index (κ2) is 16.3. The van der Waals surface area contributed by atoms with Crippen LogP contribution in [0.1, 0.15) is 145 Å². The summed E-state index contributed by atoms with van der Waals surface area (Å²) in [4.78, 5) is 0. The van der Waals surface area contributed by atoms with Gasteiger partial charge in [0.25, 0.3) is 20.2 Å². The second-order valence-corrected chi connectivity index (χ2v) is 17.8. The van der Waals surface area contributed by atoms with Crippen LogP contribution in [0.4, 0.5) is 0 Å². The molecule has 0 aromatic heterocycles. The monoisotopic (exact) mass is 722 g/mol. The van der Waals surface area contributed by atoms with E-state index in [2.05, 4.69) is 13.8 Å². The first kappa shape index (κ1) is 41.7. The van der Waals surface area contributed by atoms with Crippen molar-refractivity contribution in [2.24, 2.45) is 0 Å². The predicted molar refractivity (Wildman–Crippen MR) is 171 cm³/mol. The number of hydrogen-bond donors (Lipinski definition) is 2. The van der Waals surface area contributed by atoms with Gasteiger partial charge in [-0.1, -0.05) is 90.9 Å². The zero-order chi connectivity index (χ0) is 33.1. The first-order valence-electron chi connectivity index (χ1n) is 17.4. The minimum Gasteiger partial charge on any atom is -1.00 e. The molecule has 4 aliphatic rings. The van der Waals surface area contributed by atoms with Crippen LogP contribution in [-0.2, 0) is 43.9 Å². The van der Waals surface area contributed by atoms with Crippen LogP contribution in [0.2, 0.25) is 0 Å². The molecule has 0 aromatic rings. The summed E-state index contributed by atoms with van der Waals surface area (Å²) in [7, 11) is -9.35. The smallest absolute Gasteiger partial charge is 1.00 e. The fraction of sp³-hybridized carbons (Fsp3) is 1.00. The molecule has 6 unspecified atom stereocenters. The van der Waals surface area contributed by atoms with Gasteiger partial charge in [-0.3, -0.25) is 9.11 Å². The Balaban J connectivity index is 0.00000384. The van der Waals surface area contributed by atoms with E-state index in [1.165, 1.54) is 13.8 Å². The van der Waals surface area contributed by atoms with Crippen LogP contribution in [0, 0.1) is 0 Å². The van der Waals surface area contributed by atoms with E-state index in [0.717, 1.165) is 64.2 Å². The maximum Gasteiger partial charge on any atom is 1.00 e. The molecular formula is C32H59KO11S2. The van der Waals surface area contributed by atoms with Gasteiger partial charge in [-0.15, -0.1) is 0 Å². The van der Waals surface area contributed by atoms with E-state index < -0.39 is 52.5 Å². The molecule has 2 N–H and O–H groups in total. The first-order chi connectivity index (χ1) is 21.2. The molecule has 0 saturated carbocycles. The van der Waals surface area contributed by atoms with E-state index in [1.807, 2.05) is 0 Å². The van der Waals surface area contributed by atoms with Gasteiger partial charge >= 0.3 is 51.4 Å². The topological polar surface area (TPSA) is 155 Å². The first-order valence-corrected chi connectivity index (χ1v) is 20.2. The molecular weight excluding hydrogens is 664 g/mol. The van der Waals surface area contributed by atoms with Crippen LogP contribution in [0.15, 0.2) is 0 Å². The Bertz CT molecular complexity index is 1110. The molecule has 11 nitrogen and oxygen atoms in total. The normalized spacial score (nSPS) is 33.7. The van der Waals surface area contributed by atoms with E-state index >= 15 is 0 Å². The summed E-state index contributed by atoms with van der Waals surface area (Å²) < 4.78 is 103. The predicted octanol–water partition coefficient (Wildman–Crippen LogP) is 3.47. The van der Waals surface area contributed by atoms with Crippen molar-refractivity contribution >= 4 is 20.2 Å². The largest absolute Gasteiger partial charge is 1.00 e. The summed E-state index contributed by atoms with van der Waals surface area (Å²) in [6, 6.07) is 0. The third-order valence-electron chi connectivity index (χ3n) is 11.6. The van der Waals surface area contributed by atoms with Gasteiger partial charge in [0, 0.05) is 25.7 Å². The van der Waals surface area contributed by atoms with Crippen LogP contribution in [0.3, 0.4) is 0 Å². The van der Waals surface area contributed by atoms with Crippen LogP contribution < -0.4 is 51.4 Å². The summed E-state index contributed by atoms with van der Waals surface area (Å²) in [5.41, 5.74) is -3.11. The van der Waals surface area contributed by atoms with Crippen molar-refractivity contribution in [1.82, 2.24) is 0 Å². The van der Waals surface area contributed by atoms with Gasteiger partial charge in [0.05, 0.1) is 26.4 Å². The van der Waals surface area contributed by atoms with Crippen molar-refractivity contribution in [3.05, 3.63) is 0 Å². The van der Waals surface area contributed by atoms with Crippen LogP contribution in [0.25, 0.3) is 0 Å². The van der Waals surface area contributed by atoms with Crippen LogP contribution in [0.5, 0.6) is 0 Å². The molecule has 4 aliphatic heterocycles. The van der Waals surface area contributed by atoms with Crippen molar-refractivity contribution < 1.29 is 102 Å². The molecule has 4 heterocycles. The quantitative estimate of drug-likeness (QED) is 0.0960. The Kier molecular flexibility index (Phi) is 14.8. The van der Waals surface area contributed by atoms with Gasteiger partial charge in [0.2, 0.25) is 11.6 Å². The molecule has 0 radical (unpaired) electrons. The summed E-state index contributed by atoms with van der Waals surface area (Å²) >= 11 is 0. The zero-order valence-corrected chi connectivity index (χ0v) is 33.7. The summed E-state index contributed by atoms with van der Waals surface area (Å²) in [5, 5.41) is 0. The molecule has 0 aromatic carbocycles. The molecule has 266 valence electrons. The fourth-order valence-corrected chi connectivity index (χ4v) is 10.5. The molecule has 6 atom stereocenters. The number of ether oxygens (including phenoxy) is 5. The summed E-state index contributed by atoms with van der Waals surface area (Å²) in [6.07, 6.45) is 12.5. The minimum atomic E-state index is -4.68. The fourth-order valence-electron chi connectivity index (χ4n) is 8.22. The Hall–Kier alpha value is 1.26. The van der Waals surface area contributed by atoms with Crippen molar-refractivity contribution in [3.8, 4) is 0 Å². The van der Waals surface area contributed by atoms with E-state index in [1.54, 1.807) is 0 Å². The van der Waals surface area contributed by atoms with Gasteiger partial charge in [-0.2, -0.15) is 16.8 Å². The van der Waals surface area contributed by atoms with E-state index in [0.29, 0.717) is 12.8 Å². The van der Waals surface area contributed by atoms with Gasteiger partial charge < -0.3 is 25.1 Å². The molecule has 4 fully saturated rings. The summed E-state index contributed by atoms with van der Waals surface area (Å²) in [5.74, 6) is -3.27. The van der Waals surface area contributed by atoms with Gasteiger partial charge in [-0.05, 0) is 26.7 Å². The number of unbranched alkanes of at least 4 members (excludes halogenated alkanes) is 10. The second-order valence-electron chi connectivity index (χ2n) is 14.1.